The zero-order valence-electron chi connectivity index (χ0n) is 14.8. The van der Waals surface area contributed by atoms with Crippen molar-refractivity contribution < 1.29 is 29.3 Å². The number of aliphatic hydroxyl groups excluding tert-OH is 1. The number of aliphatic hydroxyl groups is 1. The van der Waals surface area contributed by atoms with Crippen molar-refractivity contribution in [2.24, 2.45) is 5.92 Å². The molecule has 1 aromatic carbocycles. The lowest BCUT2D eigenvalue weighted by molar-refractivity contribution is -0.138. The minimum Gasteiger partial charge on any atom is -0.511 e. The van der Waals surface area contributed by atoms with E-state index in [1.54, 1.807) is 0 Å². The molecule has 0 unspecified atom stereocenters. The van der Waals surface area contributed by atoms with Crippen LogP contribution in [0, 0.1) is 5.92 Å². The van der Waals surface area contributed by atoms with Crippen molar-refractivity contribution >= 4 is 17.8 Å². The summed E-state index contributed by atoms with van der Waals surface area (Å²) in [6, 6.07) is 7.41. The molecule has 0 bridgehead atoms. The van der Waals surface area contributed by atoms with E-state index in [0.717, 1.165) is 17.9 Å². The van der Waals surface area contributed by atoms with Gasteiger partial charge in [-0.3, -0.25) is 14.4 Å². The average Bonchev–Trinajstić information content (AvgIpc) is 3.46. The minimum atomic E-state index is -1.23. The highest BCUT2D eigenvalue weighted by atomic mass is 16.5. The second kappa shape index (κ2) is 8.11. The van der Waals surface area contributed by atoms with Crippen molar-refractivity contribution in [3.63, 3.8) is 0 Å². The highest BCUT2D eigenvalue weighted by Crippen LogP contribution is 2.29. The van der Waals surface area contributed by atoms with E-state index in [1.165, 1.54) is 17.7 Å². The Kier molecular flexibility index (Phi) is 5.63. The number of aliphatic carboxylic acids is 1. The molecule has 8 heteroatoms. The maximum absolute atomic E-state index is 12.6. The van der Waals surface area contributed by atoms with Crippen LogP contribution in [0.2, 0.25) is 0 Å². The number of carbonyl (C=O) groups is 3. The van der Waals surface area contributed by atoms with Crippen LogP contribution in [0.25, 0.3) is 0 Å². The first-order valence-electron chi connectivity index (χ1n) is 8.87. The number of nitrogens with one attached hydrogen (secondary N) is 1. The van der Waals surface area contributed by atoms with Crippen LogP contribution in [0.3, 0.4) is 0 Å². The predicted molar refractivity (Wildman–Crippen MR) is 95.0 cm³/mol. The van der Waals surface area contributed by atoms with Gasteiger partial charge < -0.3 is 25.2 Å². The third-order valence-corrected chi connectivity index (χ3v) is 4.51. The second-order valence-electron chi connectivity index (χ2n) is 6.77. The molecule has 0 atom stereocenters. The number of amides is 2. The van der Waals surface area contributed by atoms with Gasteiger partial charge in [0.15, 0.2) is 0 Å². The lowest BCUT2D eigenvalue weighted by Crippen LogP contribution is -2.43. The number of hydrogen-bond acceptors (Lipinski definition) is 5. The number of rotatable bonds is 8. The molecule has 0 aromatic heterocycles. The number of ether oxygens (including phenoxy) is 1. The van der Waals surface area contributed by atoms with E-state index in [9.17, 15) is 19.5 Å². The van der Waals surface area contributed by atoms with Crippen LogP contribution in [-0.2, 0) is 20.9 Å². The predicted octanol–water partition coefficient (Wildman–Crippen LogP) is 1.22. The molecular formula is C19H22N2O6. The summed E-state index contributed by atoms with van der Waals surface area (Å²) in [5.41, 5.74) is 0.473. The summed E-state index contributed by atoms with van der Waals surface area (Å²) in [6.07, 6.45) is 2.58. The molecular weight excluding hydrogens is 352 g/mol. The molecule has 1 fully saturated rings. The summed E-state index contributed by atoms with van der Waals surface area (Å²) in [6.45, 7) is 0.666. The summed E-state index contributed by atoms with van der Waals surface area (Å²) in [7, 11) is 0. The Morgan fingerprint density at radius 3 is 2.56 bits per heavy atom. The standard InChI is InChI=1S/C19H22N2O6/c22-15-7-8-21(19(26)17(15)18(25)20-9-16(23)24)10-12-3-5-14(6-4-12)27-11-13-1-2-13/h3-6,13,22H,1-2,7-11H2,(H,20,25)(H,23,24). The Balaban J connectivity index is 1.60. The fourth-order valence-electron chi connectivity index (χ4n) is 2.78. The first-order chi connectivity index (χ1) is 12.9. The summed E-state index contributed by atoms with van der Waals surface area (Å²) in [5, 5.41) is 20.7. The van der Waals surface area contributed by atoms with E-state index < -0.39 is 29.9 Å². The molecule has 1 saturated carbocycles. The van der Waals surface area contributed by atoms with E-state index in [1.807, 2.05) is 24.3 Å². The topological polar surface area (TPSA) is 116 Å². The number of carbonyl (C=O) groups excluding carboxylic acids is 2. The van der Waals surface area contributed by atoms with Gasteiger partial charge in [0.05, 0.1) is 6.61 Å². The highest BCUT2D eigenvalue weighted by Gasteiger charge is 2.32. The lowest BCUT2D eigenvalue weighted by Gasteiger charge is -2.28. The van der Waals surface area contributed by atoms with Crippen molar-refractivity contribution in [2.75, 3.05) is 19.7 Å². The fourth-order valence-corrected chi connectivity index (χ4v) is 2.78. The van der Waals surface area contributed by atoms with Crippen LogP contribution >= 0.6 is 0 Å². The SMILES string of the molecule is O=C(O)CNC(=O)C1=C(O)CCN(Cc2ccc(OCC3CC3)cc2)C1=O. The lowest BCUT2D eigenvalue weighted by atomic mass is 10.0. The fraction of sp³-hybridized carbons (Fsp3) is 0.421. The molecule has 3 N–H and O–H groups in total. The first-order valence-corrected chi connectivity index (χ1v) is 8.87. The number of nitrogens with zero attached hydrogens (tertiary/aromatic N) is 1. The Morgan fingerprint density at radius 1 is 1.22 bits per heavy atom. The van der Waals surface area contributed by atoms with Gasteiger partial charge in [0.25, 0.3) is 11.8 Å². The van der Waals surface area contributed by atoms with Gasteiger partial charge in [-0.25, -0.2) is 0 Å². The molecule has 2 aliphatic rings. The second-order valence-corrected chi connectivity index (χ2v) is 6.77. The van der Waals surface area contributed by atoms with Crippen LogP contribution in [0.5, 0.6) is 5.75 Å². The van der Waals surface area contributed by atoms with E-state index in [0.29, 0.717) is 5.92 Å². The summed E-state index contributed by atoms with van der Waals surface area (Å²) >= 11 is 0. The third kappa shape index (κ3) is 4.99. The van der Waals surface area contributed by atoms with Crippen molar-refractivity contribution in [2.45, 2.75) is 25.8 Å². The third-order valence-electron chi connectivity index (χ3n) is 4.51. The van der Waals surface area contributed by atoms with Crippen LogP contribution in [0.1, 0.15) is 24.8 Å². The molecule has 144 valence electrons. The molecule has 0 spiro atoms. The van der Waals surface area contributed by atoms with E-state index in [-0.39, 0.29) is 25.3 Å². The van der Waals surface area contributed by atoms with Crippen LogP contribution in [-0.4, -0.2) is 52.6 Å². The number of carboxylic acids is 1. The smallest absolute Gasteiger partial charge is 0.322 e. The molecule has 1 heterocycles. The van der Waals surface area contributed by atoms with Crippen LogP contribution in [0.4, 0.5) is 0 Å². The van der Waals surface area contributed by atoms with Gasteiger partial charge in [-0.2, -0.15) is 0 Å². The summed E-state index contributed by atoms with van der Waals surface area (Å²) in [5.74, 6) is -1.60. The number of carboxylic acid groups (broad SMARTS) is 1. The number of benzene rings is 1. The van der Waals surface area contributed by atoms with Gasteiger partial charge >= 0.3 is 5.97 Å². The molecule has 8 nitrogen and oxygen atoms in total. The Morgan fingerprint density at radius 2 is 1.93 bits per heavy atom. The van der Waals surface area contributed by atoms with Crippen LogP contribution < -0.4 is 10.1 Å². The quantitative estimate of drug-likeness (QED) is 0.589. The molecule has 1 aliphatic carbocycles. The molecule has 0 radical (unpaired) electrons. The van der Waals surface area contributed by atoms with Crippen molar-refractivity contribution in [3.05, 3.63) is 41.2 Å². The van der Waals surface area contributed by atoms with Gasteiger partial charge in [0.1, 0.15) is 23.6 Å². The van der Waals surface area contributed by atoms with Gasteiger partial charge in [-0.1, -0.05) is 12.1 Å². The summed E-state index contributed by atoms with van der Waals surface area (Å²) in [4.78, 5) is 36.6. The normalized spacial score (nSPS) is 17.0. The largest absolute Gasteiger partial charge is 0.511 e. The van der Waals surface area contributed by atoms with Crippen molar-refractivity contribution in [1.29, 1.82) is 0 Å². The average molecular weight is 374 g/mol. The molecule has 1 aliphatic heterocycles. The van der Waals surface area contributed by atoms with Crippen molar-refractivity contribution in [3.8, 4) is 5.75 Å². The maximum Gasteiger partial charge on any atom is 0.322 e. The monoisotopic (exact) mass is 374 g/mol. The van der Waals surface area contributed by atoms with Gasteiger partial charge in [-0.05, 0) is 36.5 Å². The molecule has 1 aromatic rings. The minimum absolute atomic E-state index is 0.143. The highest BCUT2D eigenvalue weighted by molar-refractivity contribution is 6.19. The Hall–Kier alpha value is -3.03. The summed E-state index contributed by atoms with van der Waals surface area (Å²) < 4.78 is 5.68. The Bertz CT molecular complexity index is 767. The maximum atomic E-state index is 12.6. The zero-order valence-corrected chi connectivity index (χ0v) is 14.8. The van der Waals surface area contributed by atoms with E-state index in [2.05, 4.69) is 5.32 Å². The van der Waals surface area contributed by atoms with E-state index in [4.69, 9.17) is 9.84 Å². The van der Waals surface area contributed by atoms with Gasteiger partial charge in [-0.15, -0.1) is 0 Å². The first kappa shape index (κ1) is 18.8. The number of hydrogen-bond donors (Lipinski definition) is 3. The van der Waals surface area contributed by atoms with Crippen LogP contribution in [0.15, 0.2) is 35.6 Å². The zero-order chi connectivity index (χ0) is 19.4. The molecule has 0 saturated heterocycles. The van der Waals surface area contributed by atoms with E-state index >= 15 is 0 Å². The molecule has 3 rings (SSSR count). The Labute approximate surface area is 156 Å². The molecule has 2 amide bonds. The van der Waals surface area contributed by atoms with Gasteiger partial charge in [0.2, 0.25) is 0 Å². The van der Waals surface area contributed by atoms with Crippen molar-refractivity contribution in [1.82, 2.24) is 10.2 Å². The molecule has 27 heavy (non-hydrogen) atoms. The van der Waals surface area contributed by atoms with Gasteiger partial charge in [0, 0.05) is 19.5 Å².